The number of amides is 4. The van der Waals surface area contributed by atoms with Gasteiger partial charge in [0.05, 0.1) is 28.2 Å². The molecule has 0 aliphatic carbocycles. The number of benzene rings is 4. The van der Waals surface area contributed by atoms with Gasteiger partial charge in [-0.25, -0.2) is 42.1 Å². The monoisotopic (exact) mass is 1230 g/mol. The molecule has 0 spiro atoms. The Kier molecular flexibility index (Phi) is 16.7. The lowest BCUT2D eigenvalue weighted by Gasteiger charge is -2.24. The largest absolute Gasteiger partial charge is 0.326 e. The molecule has 2 N–H and O–H groups in total. The topological polar surface area (TPSA) is 267 Å². The van der Waals surface area contributed by atoms with E-state index < -0.39 is 45.7 Å². The van der Waals surface area contributed by atoms with E-state index in [1.54, 1.807) is 80.3 Å². The number of Topliss-reactive ketones (excluding diaryl/α,β-unsaturated/α-hetero) is 2. The zero-order valence-electron chi connectivity index (χ0n) is 46.2. The van der Waals surface area contributed by atoms with Gasteiger partial charge in [0.25, 0.3) is 5.91 Å². The molecule has 0 bridgehead atoms. The molecule has 11 rings (SSSR count). The highest BCUT2D eigenvalue weighted by Crippen LogP contribution is 2.33. The summed E-state index contributed by atoms with van der Waals surface area (Å²) in [7, 11) is -3.55. The number of carbonyl (C=O) groups excluding carboxylic acids is 6. The summed E-state index contributed by atoms with van der Waals surface area (Å²) in [6.07, 6.45) is 9.47. The molecule has 21 nitrogen and oxygen atoms in total. The molecule has 1 saturated heterocycles. The Bertz CT molecular complexity index is 4310. The van der Waals surface area contributed by atoms with Crippen molar-refractivity contribution in [2.45, 2.75) is 70.4 Å². The molecule has 4 amide bonds. The van der Waals surface area contributed by atoms with Crippen molar-refractivity contribution in [2.24, 2.45) is 0 Å². The third-order valence-electron chi connectivity index (χ3n) is 14.2. The quantitative estimate of drug-likeness (QED) is 0.0588. The van der Waals surface area contributed by atoms with E-state index in [4.69, 9.17) is 0 Å². The maximum atomic E-state index is 15.7. The first-order chi connectivity index (χ1) is 40.6. The van der Waals surface area contributed by atoms with E-state index in [1.807, 2.05) is 25.1 Å². The second-order valence-electron chi connectivity index (χ2n) is 20.2. The zero-order valence-corrected chi connectivity index (χ0v) is 48.6. The lowest BCUT2D eigenvalue weighted by molar-refractivity contribution is -0.137. The number of hydrogen-bond acceptors (Lipinski definition) is 15. The summed E-state index contributed by atoms with van der Waals surface area (Å²) < 4.78 is 57.9. The second-order valence-corrected chi connectivity index (χ2v) is 23.1. The highest BCUT2D eigenvalue weighted by Gasteiger charge is 2.40. The number of halogens is 3. The van der Waals surface area contributed by atoms with Gasteiger partial charge in [0, 0.05) is 85.3 Å². The van der Waals surface area contributed by atoms with Crippen LogP contribution >= 0.6 is 15.9 Å². The Labute approximate surface area is 493 Å². The zero-order chi connectivity index (χ0) is 60.4. The molecule has 0 unspecified atom stereocenters. The molecule has 9 aromatic rings. The molecular formula is C60H52BrF2N13O8S. The van der Waals surface area contributed by atoms with Crippen LogP contribution in [0.1, 0.15) is 52.9 Å². The van der Waals surface area contributed by atoms with Gasteiger partial charge in [-0.05, 0) is 101 Å². The molecule has 4 aromatic carbocycles. The molecule has 0 saturated carbocycles. The number of fused-ring (bicyclic) bond motifs is 2. The number of ketones is 2. The van der Waals surface area contributed by atoms with Gasteiger partial charge in [0.15, 0.2) is 27.2 Å². The molecule has 85 heavy (non-hydrogen) atoms. The van der Waals surface area contributed by atoms with Crippen molar-refractivity contribution in [3.8, 4) is 33.4 Å². The summed E-state index contributed by atoms with van der Waals surface area (Å²) in [4.78, 5) is 102. The van der Waals surface area contributed by atoms with Crippen LogP contribution in [0.3, 0.4) is 0 Å². The minimum Gasteiger partial charge on any atom is -0.326 e. The van der Waals surface area contributed by atoms with Crippen LogP contribution in [0.2, 0.25) is 0 Å². The number of alkyl halides is 1. The highest BCUT2D eigenvalue weighted by molar-refractivity contribution is 9.10. The fourth-order valence-electron chi connectivity index (χ4n) is 9.96. The van der Waals surface area contributed by atoms with Gasteiger partial charge in [-0.2, -0.15) is 10.2 Å². The Morgan fingerprint density at radius 3 is 1.76 bits per heavy atom. The minimum atomic E-state index is -3.55. The third-order valence-corrected chi connectivity index (χ3v) is 15.7. The standard InChI is InChI=1S/C34H30F2N6O5S.C26H22BrN7O3/c1-19(43)33-27-13-21(23-15-37-20(2)38-16-23)10-11-29(27)42(40-33)18-31(44)41-17-24(35)14-30(41)34(45)39-28-9-5-8-26(32(28)36)22-6-4-7-25(12-22)48(3,46)47;1-15(35)25-19-11-17(18-12-28-16(2)29-13-18)8-9-20(19)34(32-25)14-24(36)33-10-4-5-21(33)26(37)31-23-7-3-6-22(27)30-23/h4-13,15-16,24,30H,14,17-18H2,1-3H3,(H,39,45);3-9,11-13,21H,10,14H2,1-2H3,(H,30,31,37)/t24-,30+;21-/m10/s1. The molecule has 7 heterocycles. The fraction of sp³-hybridized carbons (Fsp3) is 0.217. The number of anilines is 2. The van der Waals surface area contributed by atoms with Gasteiger partial charge in [-0.3, -0.25) is 38.1 Å². The number of carbonyl (C=O) groups is 6. The summed E-state index contributed by atoms with van der Waals surface area (Å²) in [6.45, 7) is 5.81. The van der Waals surface area contributed by atoms with Crippen LogP contribution in [0.25, 0.3) is 55.2 Å². The first kappa shape index (κ1) is 58.6. The predicted octanol–water partition coefficient (Wildman–Crippen LogP) is 8.36. The third kappa shape index (κ3) is 12.8. The number of aryl methyl sites for hydroxylation is 2. The lowest BCUT2D eigenvalue weighted by atomic mass is 10.0. The number of sulfone groups is 1. The van der Waals surface area contributed by atoms with Gasteiger partial charge >= 0.3 is 0 Å². The van der Waals surface area contributed by atoms with Crippen LogP contribution in [0, 0.1) is 19.7 Å². The van der Waals surface area contributed by atoms with E-state index >= 15 is 4.39 Å². The van der Waals surface area contributed by atoms with Crippen molar-refractivity contribution in [3.63, 3.8) is 0 Å². The number of aromatic nitrogens is 9. The van der Waals surface area contributed by atoms with Crippen molar-refractivity contribution in [1.29, 1.82) is 0 Å². The van der Waals surface area contributed by atoms with Crippen LogP contribution in [-0.2, 0) is 42.1 Å². The van der Waals surface area contributed by atoms with Crippen molar-refractivity contribution >= 4 is 94.3 Å². The maximum absolute atomic E-state index is 15.7. The SMILES string of the molecule is CC(=O)c1nn(CC(=O)N2CC=C[C@H]2C(=O)Nc2cccc(Br)n2)c2ccc(-c3cnc(C)nc3)cc12.CC(=O)c1nn(CC(=O)N2C[C@H](F)C[C@H]2C(=O)Nc2cccc(-c3cccc(S(C)(=O)=O)c3)c2F)c2ccc(-c3cnc(C)nc3)cc12. The normalized spacial score (nSPS) is 15.6. The summed E-state index contributed by atoms with van der Waals surface area (Å²) >= 11 is 3.28. The van der Waals surface area contributed by atoms with Crippen LogP contribution in [0.4, 0.5) is 20.3 Å². The molecule has 1 fully saturated rings. The summed E-state index contributed by atoms with van der Waals surface area (Å²) in [5.74, 6) is -1.77. The average Bonchev–Trinajstić information content (AvgIpc) is 3.07. The van der Waals surface area contributed by atoms with Gasteiger partial charge in [0.1, 0.15) is 64.8 Å². The number of nitrogens with one attached hydrogen (secondary N) is 2. The second kappa shape index (κ2) is 24.3. The van der Waals surface area contributed by atoms with Crippen LogP contribution in [-0.4, -0.2) is 135 Å². The highest BCUT2D eigenvalue weighted by atomic mass is 79.9. The number of likely N-dealkylation sites (tertiary alicyclic amines) is 1. The molecule has 2 aliphatic rings. The average molecular weight is 1230 g/mol. The number of nitrogens with zero attached hydrogens (tertiary/aromatic N) is 11. The summed E-state index contributed by atoms with van der Waals surface area (Å²) in [5.41, 5.74) is 4.77. The Hall–Kier alpha value is -9.62. The summed E-state index contributed by atoms with van der Waals surface area (Å²) in [6, 6.07) is 24.0. The van der Waals surface area contributed by atoms with Crippen molar-refractivity contribution in [2.75, 3.05) is 30.0 Å². The first-order valence-electron chi connectivity index (χ1n) is 26.4. The van der Waals surface area contributed by atoms with Gasteiger partial charge < -0.3 is 20.4 Å². The number of rotatable bonds is 14. The summed E-state index contributed by atoms with van der Waals surface area (Å²) in [5, 5.41) is 15.2. The molecule has 0 radical (unpaired) electrons. The Morgan fingerprint density at radius 2 is 1.21 bits per heavy atom. The van der Waals surface area contributed by atoms with Crippen molar-refractivity contribution in [3.05, 3.63) is 167 Å². The van der Waals surface area contributed by atoms with E-state index in [0.29, 0.717) is 50.4 Å². The van der Waals surface area contributed by atoms with E-state index in [1.165, 1.54) is 70.6 Å². The predicted molar refractivity (Wildman–Crippen MR) is 315 cm³/mol. The molecular weight excluding hydrogens is 1180 g/mol. The maximum Gasteiger partial charge on any atom is 0.252 e. The van der Waals surface area contributed by atoms with Crippen molar-refractivity contribution in [1.82, 2.24) is 54.3 Å². The fourth-order valence-corrected chi connectivity index (χ4v) is 11.0. The van der Waals surface area contributed by atoms with Gasteiger partial charge in [-0.15, -0.1) is 0 Å². The van der Waals surface area contributed by atoms with Gasteiger partial charge in [0.2, 0.25) is 17.7 Å². The van der Waals surface area contributed by atoms with Crippen LogP contribution in [0.15, 0.2) is 143 Å². The molecule has 5 aromatic heterocycles. The smallest absolute Gasteiger partial charge is 0.252 e. The number of hydrogen-bond donors (Lipinski definition) is 2. The van der Waals surface area contributed by atoms with E-state index in [-0.39, 0.29) is 82.5 Å². The van der Waals surface area contributed by atoms with Crippen LogP contribution in [0.5, 0.6) is 0 Å². The van der Waals surface area contributed by atoms with Crippen molar-refractivity contribution < 1.29 is 46.0 Å². The first-order valence-corrected chi connectivity index (χ1v) is 29.1. The Morgan fingerprint density at radius 1 is 0.659 bits per heavy atom. The molecule has 432 valence electrons. The molecule has 3 atom stereocenters. The van der Waals surface area contributed by atoms with E-state index in [0.717, 1.165) is 33.4 Å². The Balaban J connectivity index is 0.000000195. The van der Waals surface area contributed by atoms with Crippen LogP contribution < -0.4 is 10.6 Å². The van der Waals surface area contributed by atoms with Gasteiger partial charge in [-0.1, -0.05) is 54.6 Å². The minimum absolute atomic E-state index is 0.00428. The van der Waals surface area contributed by atoms with E-state index in [9.17, 15) is 41.6 Å². The number of pyridine rings is 1. The molecule has 25 heteroatoms. The van der Waals surface area contributed by atoms with E-state index in [2.05, 4.69) is 61.7 Å². The molecule has 2 aliphatic heterocycles. The lowest BCUT2D eigenvalue weighted by Crippen LogP contribution is -2.45.